The van der Waals surface area contributed by atoms with Gasteiger partial charge in [0.25, 0.3) is 5.91 Å². The number of nitrogens with one attached hydrogen (secondary N) is 1. The van der Waals surface area contributed by atoms with Gasteiger partial charge in [-0.1, -0.05) is 31.4 Å². The number of anilines is 1. The molecule has 1 N–H and O–H groups in total. The zero-order valence-corrected chi connectivity index (χ0v) is 13.7. The summed E-state index contributed by atoms with van der Waals surface area (Å²) in [6.45, 7) is 10.1. The lowest BCUT2D eigenvalue weighted by molar-refractivity contribution is 0.102. The van der Waals surface area contributed by atoms with Gasteiger partial charge in [-0.15, -0.1) is 0 Å². The minimum atomic E-state index is -0.211. The largest absolute Gasteiger partial charge is 0.489 e. The van der Waals surface area contributed by atoms with Crippen LogP contribution in [0, 0.1) is 0 Å². The average Bonchev–Trinajstić information content (AvgIpc) is 2.58. The Bertz CT molecular complexity index is 737. The van der Waals surface area contributed by atoms with Crippen molar-refractivity contribution in [2.75, 3.05) is 18.5 Å². The zero-order valence-electron chi connectivity index (χ0n) is 13.7. The van der Waals surface area contributed by atoms with Crippen LogP contribution in [-0.4, -0.2) is 19.1 Å². The molecule has 4 nitrogen and oxygen atoms in total. The normalized spacial score (nSPS) is 9.88. The first-order chi connectivity index (χ1) is 11.6. The molecule has 4 heteroatoms. The van der Waals surface area contributed by atoms with Crippen molar-refractivity contribution in [1.29, 1.82) is 0 Å². The smallest absolute Gasteiger partial charge is 0.255 e. The fourth-order valence-electron chi connectivity index (χ4n) is 1.96. The summed E-state index contributed by atoms with van der Waals surface area (Å²) in [5, 5.41) is 2.85. The number of amides is 1. The Labute approximate surface area is 142 Å². The fourth-order valence-corrected chi connectivity index (χ4v) is 1.96. The van der Waals surface area contributed by atoms with Crippen molar-refractivity contribution in [3.63, 3.8) is 0 Å². The van der Waals surface area contributed by atoms with Crippen LogP contribution in [0.5, 0.6) is 11.5 Å². The van der Waals surface area contributed by atoms with Crippen LogP contribution in [-0.2, 0) is 0 Å². The topological polar surface area (TPSA) is 47.6 Å². The van der Waals surface area contributed by atoms with E-state index in [0.717, 1.165) is 5.57 Å². The number of ether oxygens (including phenoxy) is 2. The highest BCUT2D eigenvalue weighted by Gasteiger charge is 2.08. The molecule has 0 spiro atoms. The number of carbonyl (C=O) groups is 1. The molecule has 0 aliphatic heterocycles. The van der Waals surface area contributed by atoms with E-state index in [2.05, 4.69) is 18.5 Å². The van der Waals surface area contributed by atoms with E-state index in [1.165, 1.54) is 0 Å². The number of rotatable bonds is 8. The average molecular weight is 323 g/mol. The summed E-state index contributed by atoms with van der Waals surface area (Å²) in [6.07, 6.45) is 1.67. The van der Waals surface area contributed by atoms with Crippen molar-refractivity contribution in [3.05, 3.63) is 78.9 Å². The van der Waals surface area contributed by atoms with Crippen LogP contribution in [0.3, 0.4) is 0 Å². The standard InChI is InChI=1S/C20H21NO3/c1-4-11-23-19-10-6-8-17(13-19)21-20(22)16-7-5-9-18(12-16)24-14-15(2)3/h4-10,12-13H,1-2,11,14H2,3H3,(H,21,22). The van der Waals surface area contributed by atoms with Crippen molar-refractivity contribution in [2.45, 2.75) is 6.92 Å². The van der Waals surface area contributed by atoms with Gasteiger partial charge in [0.15, 0.2) is 0 Å². The third kappa shape index (κ3) is 5.32. The molecule has 124 valence electrons. The molecule has 0 saturated heterocycles. The van der Waals surface area contributed by atoms with E-state index in [9.17, 15) is 4.79 Å². The molecule has 2 aromatic rings. The van der Waals surface area contributed by atoms with Crippen LogP contribution in [0.4, 0.5) is 5.69 Å². The summed E-state index contributed by atoms with van der Waals surface area (Å²) in [7, 11) is 0. The number of carbonyl (C=O) groups excluding carboxylic acids is 1. The van der Waals surface area contributed by atoms with Crippen molar-refractivity contribution >= 4 is 11.6 Å². The van der Waals surface area contributed by atoms with E-state index < -0.39 is 0 Å². The Hall–Kier alpha value is -3.01. The lowest BCUT2D eigenvalue weighted by Gasteiger charge is -2.10. The molecule has 0 radical (unpaired) electrons. The van der Waals surface area contributed by atoms with Crippen LogP contribution in [0.15, 0.2) is 73.3 Å². The van der Waals surface area contributed by atoms with Gasteiger partial charge >= 0.3 is 0 Å². The van der Waals surface area contributed by atoms with Crippen LogP contribution in [0.2, 0.25) is 0 Å². The van der Waals surface area contributed by atoms with Gasteiger partial charge in [0.2, 0.25) is 0 Å². The third-order valence-electron chi connectivity index (χ3n) is 3.04. The Kier molecular flexibility index (Phi) is 6.20. The van der Waals surface area contributed by atoms with Gasteiger partial charge in [-0.3, -0.25) is 4.79 Å². The SMILES string of the molecule is C=CCOc1cccc(NC(=O)c2cccc(OCC(=C)C)c2)c1. The zero-order chi connectivity index (χ0) is 17.4. The first-order valence-electron chi connectivity index (χ1n) is 7.61. The van der Waals surface area contributed by atoms with E-state index in [1.54, 1.807) is 36.4 Å². The van der Waals surface area contributed by atoms with Crippen LogP contribution in [0.25, 0.3) is 0 Å². The minimum Gasteiger partial charge on any atom is -0.489 e. The van der Waals surface area contributed by atoms with Gasteiger partial charge < -0.3 is 14.8 Å². The molecule has 0 aliphatic rings. The highest BCUT2D eigenvalue weighted by Crippen LogP contribution is 2.19. The van der Waals surface area contributed by atoms with Crippen molar-refractivity contribution in [2.24, 2.45) is 0 Å². The van der Waals surface area contributed by atoms with Crippen LogP contribution in [0.1, 0.15) is 17.3 Å². The Morgan fingerprint density at radius 2 is 1.83 bits per heavy atom. The number of benzene rings is 2. The van der Waals surface area contributed by atoms with E-state index in [4.69, 9.17) is 9.47 Å². The fraction of sp³-hybridized carbons (Fsp3) is 0.150. The molecular weight excluding hydrogens is 302 g/mol. The molecule has 1 amide bonds. The van der Waals surface area contributed by atoms with Crippen molar-refractivity contribution < 1.29 is 14.3 Å². The summed E-state index contributed by atoms with van der Waals surface area (Å²) >= 11 is 0. The summed E-state index contributed by atoms with van der Waals surface area (Å²) in [6, 6.07) is 14.3. The molecule has 0 saturated carbocycles. The highest BCUT2D eigenvalue weighted by molar-refractivity contribution is 6.04. The number of hydrogen-bond donors (Lipinski definition) is 1. The Morgan fingerprint density at radius 1 is 1.12 bits per heavy atom. The Balaban J connectivity index is 2.05. The lowest BCUT2D eigenvalue weighted by Crippen LogP contribution is -2.12. The summed E-state index contributed by atoms with van der Waals surface area (Å²) in [5.74, 6) is 1.09. The maximum atomic E-state index is 12.4. The number of hydrogen-bond acceptors (Lipinski definition) is 3. The van der Waals surface area contributed by atoms with Crippen molar-refractivity contribution in [3.8, 4) is 11.5 Å². The van der Waals surface area contributed by atoms with Crippen LogP contribution < -0.4 is 14.8 Å². The maximum Gasteiger partial charge on any atom is 0.255 e. The first kappa shape index (κ1) is 17.3. The van der Waals surface area contributed by atoms with Gasteiger partial charge in [-0.25, -0.2) is 0 Å². The van der Waals surface area contributed by atoms with Crippen LogP contribution >= 0.6 is 0 Å². The molecular formula is C20H21NO3. The summed E-state index contributed by atoms with van der Waals surface area (Å²) in [5.41, 5.74) is 2.10. The minimum absolute atomic E-state index is 0.211. The highest BCUT2D eigenvalue weighted by atomic mass is 16.5. The second kappa shape index (κ2) is 8.58. The molecule has 24 heavy (non-hydrogen) atoms. The molecule has 0 heterocycles. The third-order valence-corrected chi connectivity index (χ3v) is 3.04. The second-order valence-corrected chi connectivity index (χ2v) is 5.36. The molecule has 0 unspecified atom stereocenters. The van der Waals surface area contributed by atoms with E-state index in [-0.39, 0.29) is 5.91 Å². The first-order valence-corrected chi connectivity index (χ1v) is 7.61. The van der Waals surface area contributed by atoms with Gasteiger partial charge in [-0.2, -0.15) is 0 Å². The lowest BCUT2D eigenvalue weighted by atomic mass is 10.2. The summed E-state index contributed by atoms with van der Waals surface area (Å²) < 4.78 is 11.0. The quantitative estimate of drug-likeness (QED) is 0.730. The molecule has 0 bridgehead atoms. The predicted octanol–water partition coefficient (Wildman–Crippen LogP) is 4.46. The molecule has 0 aromatic heterocycles. The predicted molar refractivity (Wildman–Crippen MR) is 96.8 cm³/mol. The van der Waals surface area contributed by atoms with Gasteiger partial charge in [0.1, 0.15) is 24.7 Å². The molecule has 0 atom stereocenters. The second-order valence-electron chi connectivity index (χ2n) is 5.36. The van der Waals surface area contributed by atoms with Gasteiger partial charge in [0.05, 0.1) is 0 Å². The van der Waals surface area contributed by atoms with E-state index >= 15 is 0 Å². The molecule has 2 rings (SSSR count). The van der Waals surface area contributed by atoms with E-state index in [1.807, 2.05) is 25.1 Å². The Morgan fingerprint density at radius 3 is 2.54 bits per heavy atom. The van der Waals surface area contributed by atoms with Gasteiger partial charge in [-0.05, 0) is 42.8 Å². The molecule has 2 aromatic carbocycles. The van der Waals surface area contributed by atoms with Crippen molar-refractivity contribution in [1.82, 2.24) is 0 Å². The monoisotopic (exact) mass is 323 g/mol. The molecule has 0 aliphatic carbocycles. The summed E-state index contributed by atoms with van der Waals surface area (Å²) in [4.78, 5) is 12.4. The molecule has 0 fully saturated rings. The van der Waals surface area contributed by atoms with E-state index in [0.29, 0.717) is 36.0 Å². The van der Waals surface area contributed by atoms with Gasteiger partial charge in [0, 0.05) is 17.3 Å². The maximum absolute atomic E-state index is 12.4.